The number of carbonyl (C=O) groups is 2. The number of hydrogen-bond acceptors (Lipinski definition) is 7. The third-order valence-corrected chi connectivity index (χ3v) is 1.34. The number of methoxy groups -OCH3 is 2. The van der Waals surface area contributed by atoms with E-state index in [4.69, 9.17) is 0 Å². The van der Waals surface area contributed by atoms with Crippen LogP contribution in [0.5, 0.6) is 0 Å². The van der Waals surface area contributed by atoms with E-state index in [0.717, 1.165) is 0 Å². The molecule has 0 radical (unpaired) electrons. The Morgan fingerprint density at radius 1 is 1.12 bits per heavy atom. The molecule has 0 fully saturated rings. The molecule has 3 N–H and O–H groups in total. The van der Waals surface area contributed by atoms with Gasteiger partial charge in [-0.1, -0.05) is 0 Å². The lowest BCUT2D eigenvalue weighted by atomic mass is 10.5. The van der Waals surface area contributed by atoms with Crippen molar-refractivity contribution in [3.05, 3.63) is 0 Å². The first-order valence-electron chi connectivity index (χ1n) is 4.60. The zero-order chi connectivity index (χ0) is 13.1. The van der Waals surface area contributed by atoms with Crippen LogP contribution in [0.4, 0.5) is 9.59 Å². The number of rotatable bonds is 7. The molecule has 0 aliphatic carbocycles. The molecule has 9 nitrogen and oxygen atoms in total. The molecule has 0 aliphatic heterocycles. The molecule has 1 unspecified atom stereocenters. The van der Waals surface area contributed by atoms with E-state index in [9.17, 15) is 14.7 Å². The van der Waals surface area contributed by atoms with Gasteiger partial charge in [0.1, 0.15) is 6.23 Å². The monoisotopic (exact) mass is 252 g/mol. The molecule has 0 bridgehead atoms. The summed E-state index contributed by atoms with van der Waals surface area (Å²) in [7, 11) is 2.70. The van der Waals surface area contributed by atoms with Gasteiger partial charge in [-0.15, -0.1) is 0 Å². The van der Waals surface area contributed by atoms with Crippen LogP contribution in [0, 0.1) is 0 Å². The summed E-state index contributed by atoms with van der Waals surface area (Å²) in [4.78, 5) is 21.8. The van der Waals surface area contributed by atoms with Crippen molar-refractivity contribution in [2.45, 2.75) is 6.23 Å². The Labute approximate surface area is 98.0 Å². The summed E-state index contributed by atoms with van der Waals surface area (Å²) in [5.74, 6) is 0. The van der Waals surface area contributed by atoms with Gasteiger partial charge in [-0.25, -0.2) is 9.59 Å². The summed E-state index contributed by atoms with van der Waals surface area (Å²) in [6, 6.07) is 0. The van der Waals surface area contributed by atoms with Crippen molar-refractivity contribution in [2.24, 2.45) is 0 Å². The lowest BCUT2D eigenvalue weighted by Crippen LogP contribution is -2.44. The van der Waals surface area contributed by atoms with Crippen LogP contribution in [0.25, 0.3) is 0 Å². The molecular formula is C8H16N2O7. The average molecular weight is 252 g/mol. The molecule has 9 heteroatoms. The quantitative estimate of drug-likeness (QED) is 0.496. The molecule has 0 saturated heterocycles. The molecule has 17 heavy (non-hydrogen) atoms. The van der Waals surface area contributed by atoms with Crippen LogP contribution in [0.1, 0.15) is 0 Å². The van der Waals surface area contributed by atoms with Crippen molar-refractivity contribution in [1.82, 2.24) is 10.6 Å². The van der Waals surface area contributed by atoms with Crippen LogP contribution < -0.4 is 10.6 Å². The minimum atomic E-state index is -1.30. The average Bonchev–Trinajstić information content (AvgIpc) is 2.31. The van der Waals surface area contributed by atoms with Crippen LogP contribution in [0.15, 0.2) is 0 Å². The Morgan fingerprint density at radius 3 is 2.18 bits per heavy atom. The lowest BCUT2D eigenvalue weighted by Gasteiger charge is -2.13. The molecule has 2 amide bonds. The zero-order valence-electron chi connectivity index (χ0n) is 9.60. The second kappa shape index (κ2) is 9.63. The maximum Gasteiger partial charge on any atom is 0.411 e. The second-order valence-corrected chi connectivity index (χ2v) is 2.72. The van der Waals surface area contributed by atoms with E-state index >= 15 is 0 Å². The maximum absolute atomic E-state index is 10.9. The van der Waals surface area contributed by atoms with E-state index in [0.29, 0.717) is 0 Å². The van der Waals surface area contributed by atoms with Crippen molar-refractivity contribution in [3.63, 3.8) is 0 Å². The minimum Gasteiger partial charge on any atom is -0.422 e. The first kappa shape index (κ1) is 15.4. The minimum absolute atomic E-state index is 0.203. The van der Waals surface area contributed by atoms with Crippen LogP contribution in [0.2, 0.25) is 0 Å². The van der Waals surface area contributed by atoms with Crippen molar-refractivity contribution >= 4 is 12.2 Å². The normalized spacial score (nSPS) is 11.5. The third kappa shape index (κ3) is 9.35. The molecule has 0 aliphatic rings. The summed E-state index contributed by atoms with van der Waals surface area (Å²) in [5.41, 5.74) is 0. The lowest BCUT2D eigenvalue weighted by molar-refractivity contribution is 0.00109. The SMILES string of the molecule is COCOC(=O)NCC(O)NC(=O)OCOC. The number of ether oxygens (including phenoxy) is 4. The highest BCUT2D eigenvalue weighted by atomic mass is 16.7. The van der Waals surface area contributed by atoms with Crippen LogP contribution in [0.3, 0.4) is 0 Å². The zero-order valence-corrected chi connectivity index (χ0v) is 9.60. The van der Waals surface area contributed by atoms with Crippen molar-refractivity contribution in [1.29, 1.82) is 0 Å². The summed E-state index contributed by atoms with van der Waals surface area (Å²) in [5, 5.41) is 13.5. The van der Waals surface area contributed by atoms with Crippen LogP contribution in [-0.2, 0) is 18.9 Å². The fourth-order valence-corrected chi connectivity index (χ4v) is 0.685. The number of aliphatic hydroxyl groups excluding tert-OH is 1. The molecule has 0 aromatic heterocycles. The number of amides is 2. The van der Waals surface area contributed by atoms with Gasteiger partial charge in [-0.2, -0.15) is 0 Å². The fraction of sp³-hybridized carbons (Fsp3) is 0.750. The van der Waals surface area contributed by atoms with E-state index in [1.54, 1.807) is 0 Å². The standard InChI is InChI=1S/C8H16N2O7/c1-14-4-16-7(12)9-3-6(11)10-8(13)17-5-15-2/h6,11H,3-5H2,1-2H3,(H,9,12)(H,10,13). The van der Waals surface area contributed by atoms with Crippen LogP contribution >= 0.6 is 0 Å². The highest BCUT2D eigenvalue weighted by Crippen LogP contribution is 1.83. The smallest absolute Gasteiger partial charge is 0.411 e. The molecule has 0 heterocycles. The first-order chi connectivity index (χ1) is 8.10. The Hall–Kier alpha value is -1.58. The van der Waals surface area contributed by atoms with E-state index in [1.807, 2.05) is 5.32 Å². The Morgan fingerprint density at radius 2 is 1.65 bits per heavy atom. The number of hydrogen-bond donors (Lipinski definition) is 3. The van der Waals surface area contributed by atoms with Crippen molar-refractivity contribution < 1.29 is 33.6 Å². The summed E-state index contributed by atoms with van der Waals surface area (Å²) < 4.78 is 17.8. The predicted molar refractivity (Wildman–Crippen MR) is 53.9 cm³/mol. The number of aliphatic hydroxyl groups is 1. The second-order valence-electron chi connectivity index (χ2n) is 2.72. The molecule has 0 aromatic rings. The van der Waals surface area contributed by atoms with Gasteiger partial charge in [0.05, 0.1) is 6.54 Å². The number of alkyl carbamates (subject to hydrolysis) is 2. The third-order valence-electron chi connectivity index (χ3n) is 1.34. The van der Waals surface area contributed by atoms with Gasteiger partial charge in [0.15, 0.2) is 13.6 Å². The first-order valence-corrected chi connectivity index (χ1v) is 4.60. The van der Waals surface area contributed by atoms with Crippen LogP contribution in [-0.4, -0.2) is 57.9 Å². The van der Waals surface area contributed by atoms with Crippen molar-refractivity contribution in [2.75, 3.05) is 34.4 Å². The van der Waals surface area contributed by atoms with Gasteiger partial charge in [-0.05, 0) is 0 Å². The molecule has 100 valence electrons. The maximum atomic E-state index is 10.9. The Bertz CT molecular complexity index is 236. The summed E-state index contributed by atoms with van der Waals surface area (Å²) in [6.07, 6.45) is -2.95. The molecular weight excluding hydrogens is 236 g/mol. The molecule has 1 atom stereocenters. The highest BCUT2D eigenvalue weighted by Gasteiger charge is 2.11. The van der Waals surface area contributed by atoms with Crippen molar-refractivity contribution in [3.8, 4) is 0 Å². The Kier molecular flexibility index (Phi) is 8.74. The summed E-state index contributed by atoms with van der Waals surface area (Å²) in [6.45, 7) is -0.669. The topological polar surface area (TPSA) is 115 Å². The van der Waals surface area contributed by atoms with E-state index < -0.39 is 18.4 Å². The van der Waals surface area contributed by atoms with Gasteiger partial charge in [0.25, 0.3) is 0 Å². The van der Waals surface area contributed by atoms with E-state index in [2.05, 4.69) is 24.3 Å². The molecule has 0 spiro atoms. The highest BCUT2D eigenvalue weighted by molar-refractivity contribution is 5.68. The number of nitrogens with one attached hydrogen (secondary N) is 2. The van der Waals surface area contributed by atoms with Gasteiger partial charge in [0, 0.05) is 14.2 Å². The fourth-order valence-electron chi connectivity index (χ4n) is 0.685. The van der Waals surface area contributed by atoms with E-state index in [1.165, 1.54) is 14.2 Å². The molecule has 0 saturated carbocycles. The largest absolute Gasteiger partial charge is 0.422 e. The van der Waals surface area contributed by atoms with Gasteiger partial charge < -0.3 is 29.4 Å². The molecule has 0 aromatic carbocycles. The van der Waals surface area contributed by atoms with Gasteiger partial charge in [-0.3, -0.25) is 5.32 Å². The molecule has 0 rings (SSSR count). The summed E-state index contributed by atoms with van der Waals surface area (Å²) >= 11 is 0. The van der Waals surface area contributed by atoms with Gasteiger partial charge >= 0.3 is 12.2 Å². The van der Waals surface area contributed by atoms with E-state index in [-0.39, 0.29) is 20.1 Å². The van der Waals surface area contributed by atoms with Gasteiger partial charge in [0.2, 0.25) is 0 Å². The Balaban J connectivity index is 3.60. The predicted octanol–water partition coefficient (Wildman–Crippen LogP) is -1.03. The number of carbonyl (C=O) groups excluding carboxylic acids is 2.